The minimum absolute atomic E-state index is 0.0485. The third-order valence-corrected chi connectivity index (χ3v) is 10.4. The number of allylic oxidation sites excluding steroid dienone is 1. The van der Waals surface area contributed by atoms with Crippen molar-refractivity contribution < 1.29 is 14.3 Å². The molecule has 0 saturated heterocycles. The van der Waals surface area contributed by atoms with Crippen LogP contribution >= 0.6 is 0 Å². The standard InChI is InChI=1S/C29H46O3/c1-18(2)8-7-9-19(3)23-10-11-24-27-25(13-15-29(23,24)6)28(5)14-12-22(32-20(4)30)16-21(28)17-26(27)31/h17-19,22-25,27H,7-16H2,1-6H3/t19-,22+,23+,24-,25-,27-,28+,29+/m1/s1. The lowest BCUT2D eigenvalue weighted by atomic mass is 9.46. The first-order valence-electron chi connectivity index (χ1n) is 13.5. The highest BCUT2D eigenvalue weighted by atomic mass is 16.5. The maximum Gasteiger partial charge on any atom is 0.302 e. The van der Waals surface area contributed by atoms with Crippen molar-refractivity contribution in [2.24, 2.45) is 46.3 Å². The Balaban J connectivity index is 1.52. The molecule has 0 aromatic heterocycles. The van der Waals surface area contributed by atoms with Crippen LogP contribution in [-0.2, 0) is 14.3 Å². The van der Waals surface area contributed by atoms with Crippen LogP contribution in [0.5, 0.6) is 0 Å². The summed E-state index contributed by atoms with van der Waals surface area (Å²) < 4.78 is 5.54. The fourth-order valence-corrected chi connectivity index (χ4v) is 8.73. The maximum absolute atomic E-state index is 13.6. The molecular weight excluding hydrogens is 396 g/mol. The van der Waals surface area contributed by atoms with Gasteiger partial charge in [-0.1, -0.05) is 59.5 Å². The van der Waals surface area contributed by atoms with Gasteiger partial charge in [0.05, 0.1) is 0 Å². The molecule has 0 radical (unpaired) electrons. The summed E-state index contributed by atoms with van der Waals surface area (Å²) in [6.07, 6.45) is 13.7. The smallest absolute Gasteiger partial charge is 0.302 e. The van der Waals surface area contributed by atoms with Crippen LogP contribution < -0.4 is 0 Å². The number of esters is 1. The van der Waals surface area contributed by atoms with Crippen LogP contribution in [0.2, 0.25) is 0 Å². The quantitative estimate of drug-likeness (QED) is 0.411. The molecule has 4 aliphatic rings. The molecule has 8 atom stereocenters. The fourth-order valence-electron chi connectivity index (χ4n) is 8.73. The molecule has 32 heavy (non-hydrogen) atoms. The van der Waals surface area contributed by atoms with Crippen LogP contribution in [0.3, 0.4) is 0 Å². The summed E-state index contributed by atoms with van der Waals surface area (Å²) >= 11 is 0. The number of ketones is 1. The molecule has 0 amide bonds. The molecule has 3 heteroatoms. The number of carbonyl (C=O) groups is 2. The van der Waals surface area contributed by atoms with Gasteiger partial charge in [0.15, 0.2) is 5.78 Å². The highest BCUT2D eigenvalue weighted by Gasteiger charge is 2.61. The topological polar surface area (TPSA) is 43.4 Å². The minimum Gasteiger partial charge on any atom is -0.462 e. The van der Waals surface area contributed by atoms with Gasteiger partial charge in [0.1, 0.15) is 6.10 Å². The molecule has 3 fully saturated rings. The molecule has 3 saturated carbocycles. The van der Waals surface area contributed by atoms with Crippen LogP contribution in [-0.4, -0.2) is 17.9 Å². The molecule has 4 aliphatic carbocycles. The van der Waals surface area contributed by atoms with Crippen LogP contribution in [0.1, 0.15) is 106 Å². The molecule has 0 heterocycles. The van der Waals surface area contributed by atoms with Crippen molar-refractivity contribution in [2.75, 3.05) is 0 Å². The number of carbonyl (C=O) groups excluding carboxylic acids is 2. The Hall–Kier alpha value is -1.12. The van der Waals surface area contributed by atoms with E-state index in [1.165, 1.54) is 57.4 Å². The van der Waals surface area contributed by atoms with Gasteiger partial charge in [0.25, 0.3) is 0 Å². The van der Waals surface area contributed by atoms with E-state index in [2.05, 4.69) is 34.6 Å². The predicted molar refractivity (Wildman–Crippen MR) is 129 cm³/mol. The molecule has 4 rings (SSSR count). The molecule has 0 aliphatic heterocycles. The average Bonchev–Trinajstić information content (AvgIpc) is 3.05. The molecule has 0 unspecified atom stereocenters. The Kier molecular flexibility index (Phi) is 6.69. The molecule has 0 bridgehead atoms. The zero-order valence-electron chi connectivity index (χ0n) is 21.4. The number of fused-ring (bicyclic) bond motifs is 5. The van der Waals surface area contributed by atoms with E-state index in [1.807, 2.05) is 6.08 Å². The van der Waals surface area contributed by atoms with Crippen molar-refractivity contribution >= 4 is 11.8 Å². The summed E-state index contributed by atoms with van der Waals surface area (Å²) in [5.41, 5.74) is 1.70. The lowest BCUT2D eigenvalue weighted by molar-refractivity contribution is -0.149. The van der Waals surface area contributed by atoms with Gasteiger partial charge in [-0.2, -0.15) is 0 Å². The number of hydrogen-bond acceptors (Lipinski definition) is 3. The van der Waals surface area contributed by atoms with Crippen molar-refractivity contribution in [1.29, 1.82) is 0 Å². The van der Waals surface area contributed by atoms with E-state index < -0.39 is 0 Å². The molecule has 180 valence electrons. The van der Waals surface area contributed by atoms with Crippen molar-refractivity contribution in [3.63, 3.8) is 0 Å². The molecule has 0 spiro atoms. The summed E-state index contributed by atoms with van der Waals surface area (Å²) in [7, 11) is 0. The van der Waals surface area contributed by atoms with E-state index in [4.69, 9.17) is 4.74 Å². The second kappa shape index (κ2) is 8.91. The fraction of sp³-hybridized carbons (Fsp3) is 0.862. The second-order valence-electron chi connectivity index (χ2n) is 12.7. The van der Waals surface area contributed by atoms with Crippen molar-refractivity contribution in [1.82, 2.24) is 0 Å². The van der Waals surface area contributed by atoms with E-state index in [9.17, 15) is 9.59 Å². The van der Waals surface area contributed by atoms with Gasteiger partial charge in [0.2, 0.25) is 0 Å². The van der Waals surface area contributed by atoms with Gasteiger partial charge in [-0.15, -0.1) is 0 Å². The van der Waals surface area contributed by atoms with Gasteiger partial charge in [-0.05, 0) is 85.0 Å². The van der Waals surface area contributed by atoms with Gasteiger partial charge < -0.3 is 4.74 Å². The lowest BCUT2D eigenvalue weighted by Crippen LogP contribution is -2.53. The van der Waals surface area contributed by atoms with Crippen molar-refractivity contribution in [3.8, 4) is 0 Å². The Labute approximate surface area is 196 Å². The summed E-state index contributed by atoms with van der Waals surface area (Å²) in [4.78, 5) is 25.1. The summed E-state index contributed by atoms with van der Waals surface area (Å²) in [6, 6.07) is 0. The SMILES string of the molecule is CC(=O)O[C@H]1CC[C@@]2(C)C(=CC(=O)[C@@H]3[C@H]4CC[C@@H]([C@H](C)CCCC(C)C)[C@]4(C)CC[C@H]32)C1. The van der Waals surface area contributed by atoms with E-state index in [0.717, 1.165) is 37.0 Å². The zero-order chi connectivity index (χ0) is 23.3. The zero-order valence-corrected chi connectivity index (χ0v) is 21.4. The van der Waals surface area contributed by atoms with Crippen LogP contribution in [0.25, 0.3) is 0 Å². The van der Waals surface area contributed by atoms with Gasteiger partial charge in [-0.3, -0.25) is 9.59 Å². The van der Waals surface area contributed by atoms with Crippen molar-refractivity contribution in [3.05, 3.63) is 11.6 Å². The minimum atomic E-state index is -0.202. The van der Waals surface area contributed by atoms with Gasteiger partial charge >= 0.3 is 5.97 Å². The van der Waals surface area contributed by atoms with Crippen molar-refractivity contribution in [2.45, 2.75) is 112 Å². The first-order valence-corrected chi connectivity index (χ1v) is 13.5. The number of ether oxygens (including phenoxy) is 1. The van der Waals surface area contributed by atoms with Gasteiger partial charge in [-0.25, -0.2) is 0 Å². The second-order valence-corrected chi connectivity index (χ2v) is 12.7. The first-order chi connectivity index (χ1) is 15.1. The largest absolute Gasteiger partial charge is 0.462 e. The Morgan fingerprint density at radius 3 is 2.50 bits per heavy atom. The monoisotopic (exact) mass is 442 g/mol. The third kappa shape index (κ3) is 4.11. The summed E-state index contributed by atoms with van der Waals surface area (Å²) in [5, 5.41) is 0. The van der Waals surface area contributed by atoms with Crippen LogP contribution in [0, 0.1) is 46.3 Å². The highest BCUT2D eigenvalue weighted by Crippen LogP contribution is 2.66. The maximum atomic E-state index is 13.6. The molecule has 0 aromatic rings. The van der Waals surface area contributed by atoms with Crippen LogP contribution in [0.4, 0.5) is 0 Å². The van der Waals surface area contributed by atoms with E-state index >= 15 is 0 Å². The Bertz CT molecular complexity index is 766. The van der Waals surface area contributed by atoms with E-state index in [1.54, 1.807) is 0 Å². The number of hydrogen-bond donors (Lipinski definition) is 0. The Morgan fingerprint density at radius 1 is 1.06 bits per heavy atom. The van der Waals surface area contributed by atoms with E-state index in [-0.39, 0.29) is 23.4 Å². The summed E-state index contributed by atoms with van der Waals surface area (Å²) in [5.74, 6) is 3.74. The normalized spacial score (nSPS) is 42.0. The molecule has 0 N–H and O–H groups in total. The first kappa shape index (κ1) is 24.0. The third-order valence-electron chi connectivity index (χ3n) is 10.4. The molecule has 3 nitrogen and oxygen atoms in total. The summed E-state index contributed by atoms with van der Waals surface area (Å²) in [6.45, 7) is 13.6. The predicted octanol–water partition coefficient (Wildman–Crippen LogP) is 7.14. The number of rotatable bonds is 6. The highest BCUT2D eigenvalue weighted by molar-refractivity contribution is 5.94. The molecular formula is C29H46O3. The average molecular weight is 443 g/mol. The van der Waals surface area contributed by atoms with E-state index in [0.29, 0.717) is 23.0 Å². The lowest BCUT2D eigenvalue weighted by Gasteiger charge is -2.57. The van der Waals surface area contributed by atoms with Gasteiger partial charge in [0, 0.05) is 19.3 Å². The van der Waals surface area contributed by atoms with Crippen LogP contribution in [0.15, 0.2) is 11.6 Å². The Morgan fingerprint density at radius 2 is 1.81 bits per heavy atom. The molecule has 0 aromatic carbocycles.